The minimum absolute atomic E-state index is 0.263. The fourth-order valence-electron chi connectivity index (χ4n) is 1.92. The molecule has 2 N–H and O–H groups in total. The first kappa shape index (κ1) is 18.5. The van der Waals surface area contributed by atoms with Gasteiger partial charge in [-0.15, -0.1) is 0 Å². The summed E-state index contributed by atoms with van der Waals surface area (Å²) in [6.45, 7) is 7.77. The molecule has 0 atom stereocenters. The van der Waals surface area contributed by atoms with Crippen molar-refractivity contribution < 1.29 is 9.59 Å². The van der Waals surface area contributed by atoms with Crippen LogP contribution in [0.4, 0.5) is 5.69 Å². The minimum Gasteiger partial charge on any atom is -0.355 e. The zero-order valence-corrected chi connectivity index (χ0v) is 14.5. The van der Waals surface area contributed by atoms with Gasteiger partial charge in [0, 0.05) is 17.3 Å². The third-order valence-corrected chi connectivity index (χ3v) is 4.13. The lowest BCUT2D eigenvalue weighted by molar-refractivity contribution is -0.138. The van der Waals surface area contributed by atoms with E-state index in [-0.39, 0.29) is 11.8 Å². The fourth-order valence-corrected chi connectivity index (χ4v) is 2.10. The number of rotatable bonds is 7. The van der Waals surface area contributed by atoms with Gasteiger partial charge in [0.2, 0.25) is 11.8 Å². The lowest BCUT2D eigenvalue weighted by Gasteiger charge is -2.23. The quantitative estimate of drug-likeness (QED) is 0.590. The minimum atomic E-state index is -1.14. The summed E-state index contributed by atoms with van der Waals surface area (Å²) in [6.07, 6.45) is 3.08. The first-order valence-electron chi connectivity index (χ1n) is 7.65. The topological polar surface area (TPSA) is 58.2 Å². The van der Waals surface area contributed by atoms with Gasteiger partial charge in [-0.3, -0.25) is 9.59 Å². The smallest absolute Gasteiger partial charge is 0.239 e. The fraction of sp³-hybridized carbons (Fsp3) is 0.529. The average molecular weight is 325 g/mol. The Morgan fingerprint density at radius 2 is 1.86 bits per heavy atom. The molecule has 1 rings (SSSR count). The van der Waals surface area contributed by atoms with E-state index in [1.807, 2.05) is 6.92 Å². The van der Waals surface area contributed by atoms with Gasteiger partial charge in [0.25, 0.3) is 0 Å². The predicted octanol–water partition coefficient (Wildman–Crippen LogP) is 3.92. The lowest BCUT2D eigenvalue weighted by Crippen LogP contribution is -2.45. The second-order valence-electron chi connectivity index (χ2n) is 5.95. The molecule has 0 saturated heterocycles. The second-order valence-corrected chi connectivity index (χ2v) is 6.36. The SMILES string of the molecule is CCCCCNC(=O)C(C)(C)C(=O)Nc1cccc(Cl)c1C. The summed E-state index contributed by atoms with van der Waals surface area (Å²) in [5.74, 6) is -0.605. The van der Waals surface area contributed by atoms with Crippen LogP contribution in [0.5, 0.6) is 0 Å². The molecule has 0 aliphatic heterocycles. The summed E-state index contributed by atoms with van der Waals surface area (Å²) >= 11 is 6.04. The van der Waals surface area contributed by atoms with E-state index in [0.29, 0.717) is 17.3 Å². The molecule has 0 fully saturated rings. The van der Waals surface area contributed by atoms with E-state index in [1.165, 1.54) is 0 Å². The summed E-state index contributed by atoms with van der Waals surface area (Å²) in [6, 6.07) is 5.30. The monoisotopic (exact) mass is 324 g/mol. The molecule has 0 bridgehead atoms. The molecular weight excluding hydrogens is 300 g/mol. The number of hydrogen-bond acceptors (Lipinski definition) is 2. The summed E-state index contributed by atoms with van der Waals surface area (Å²) in [5, 5.41) is 6.20. The molecule has 0 heterocycles. The molecule has 0 aliphatic carbocycles. The van der Waals surface area contributed by atoms with Gasteiger partial charge in [-0.1, -0.05) is 37.4 Å². The van der Waals surface area contributed by atoms with Crippen molar-refractivity contribution in [2.24, 2.45) is 5.41 Å². The van der Waals surface area contributed by atoms with Gasteiger partial charge in [-0.05, 0) is 44.9 Å². The third kappa shape index (κ3) is 4.73. The molecule has 1 aromatic carbocycles. The molecule has 4 nitrogen and oxygen atoms in total. The van der Waals surface area contributed by atoms with Crippen molar-refractivity contribution in [1.29, 1.82) is 0 Å². The molecule has 1 aromatic rings. The van der Waals surface area contributed by atoms with Gasteiger partial charge in [0.05, 0.1) is 0 Å². The van der Waals surface area contributed by atoms with E-state index in [9.17, 15) is 9.59 Å². The maximum Gasteiger partial charge on any atom is 0.239 e. The highest BCUT2D eigenvalue weighted by atomic mass is 35.5. The predicted molar refractivity (Wildman–Crippen MR) is 91.1 cm³/mol. The van der Waals surface area contributed by atoms with Crippen LogP contribution in [-0.2, 0) is 9.59 Å². The van der Waals surface area contributed by atoms with Crippen LogP contribution in [0, 0.1) is 12.3 Å². The van der Waals surface area contributed by atoms with Crippen LogP contribution in [0.15, 0.2) is 18.2 Å². The highest BCUT2D eigenvalue weighted by Crippen LogP contribution is 2.25. The number of halogens is 1. The molecule has 2 amide bonds. The molecule has 5 heteroatoms. The maximum atomic E-state index is 12.4. The van der Waals surface area contributed by atoms with Gasteiger partial charge >= 0.3 is 0 Å². The van der Waals surface area contributed by atoms with Crippen molar-refractivity contribution in [2.45, 2.75) is 47.0 Å². The van der Waals surface area contributed by atoms with E-state index in [1.54, 1.807) is 32.0 Å². The normalized spacial score (nSPS) is 11.1. The van der Waals surface area contributed by atoms with Crippen LogP contribution in [-0.4, -0.2) is 18.4 Å². The van der Waals surface area contributed by atoms with E-state index in [2.05, 4.69) is 17.6 Å². The van der Waals surface area contributed by atoms with Gasteiger partial charge in [-0.25, -0.2) is 0 Å². The Morgan fingerprint density at radius 1 is 1.18 bits per heavy atom. The highest BCUT2D eigenvalue weighted by molar-refractivity contribution is 6.31. The summed E-state index contributed by atoms with van der Waals surface area (Å²) in [4.78, 5) is 24.6. The van der Waals surface area contributed by atoms with Crippen molar-refractivity contribution in [2.75, 3.05) is 11.9 Å². The largest absolute Gasteiger partial charge is 0.355 e. The molecular formula is C17H25ClN2O2. The van der Waals surface area contributed by atoms with E-state index >= 15 is 0 Å². The van der Waals surface area contributed by atoms with Crippen molar-refractivity contribution in [3.8, 4) is 0 Å². The van der Waals surface area contributed by atoms with Crippen LogP contribution in [0.2, 0.25) is 5.02 Å². The molecule has 0 aliphatic rings. The van der Waals surface area contributed by atoms with E-state index < -0.39 is 5.41 Å². The number of nitrogens with one attached hydrogen (secondary N) is 2. The van der Waals surface area contributed by atoms with Gasteiger partial charge in [-0.2, -0.15) is 0 Å². The van der Waals surface area contributed by atoms with Crippen LogP contribution in [0.25, 0.3) is 0 Å². The molecule has 122 valence electrons. The number of benzene rings is 1. The molecule has 0 unspecified atom stereocenters. The Hall–Kier alpha value is -1.55. The van der Waals surface area contributed by atoms with E-state index in [4.69, 9.17) is 11.6 Å². The Kier molecular flexibility index (Phi) is 6.88. The summed E-state index contributed by atoms with van der Waals surface area (Å²) in [7, 11) is 0. The Labute approximate surface area is 137 Å². The van der Waals surface area contributed by atoms with Crippen molar-refractivity contribution in [3.05, 3.63) is 28.8 Å². The number of carbonyl (C=O) groups is 2. The first-order chi connectivity index (χ1) is 10.3. The van der Waals surface area contributed by atoms with Gasteiger partial charge < -0.3 is 10.6 Å². The molecule has 22 heavy (non-hydrogen) atoms. The van der Waals surface area contributed by atoms with Crippen LogP contribution >= 0.6 is 11.6 Å². The molecule has 0 saturated carbocycles. The first-order valence-corrected chi connectivity index (χ1v) is 8.03. The average Bonchev–Trinajstić information content (AvgIpc) is 2.48. The molecule has 0 radical (unpaired) electrons. The number of anilines is 1. The van der Waals surface area contributed by atoms with Crippen molar-refractivity contribution >= 4 is 29.1 Å². The Balaban J connectivity index is 2.69. The van der Waals surface area contributed by atoms with Gasteiger partial charge in [0.15, 0.2) is 0 Å². The Bertz CT molecular complexity index is 541. The zero-order valence-electron chi connectivity index (χ0n) is 13.8. The number of unbranched alkanes of at least 4 members (excludes halogenated alkanes) is 2. The number of carbonyl (C=O) groups excluding carboxylic acids is 2. The van der Waals surface area contributed by atoms with Crippen molar-refractivity contribution in [3.63, 3.8) is 0 Å². The van der Waals surface area contributed by atoms with Crippen LogP contribution in [0.1, 0.15) is 45.6 Å². The lowest BCUT2D eigenvalue weighted by atomic mass is 9.90. The summed E-state index contributed by atoms with van der Waals surface area (Å²) < 4.78 is 0. The van der Waals surface area contributed by atoms with Gasteiger partial charge in [0.1, 0.15) is 5.41 Å². The van der Waals surface area contributed by atoms with E-state index in [0.717, 1.165) is 24.8 Å². The van der Waals surface area contributed by atoms with Crippen LogP contribution in [0.3, 0.4) is 0 Å². The molecule has 0 aromatic heterocycles. The standard InChI is InChI=1S/C17H25ClN2O2/c1-5-6-7-11-19-15(21)17(3,4)16(22)20-14-10-8-9-13(18)12(14)2/h8-10H,5-7,11H2,1-4H3,(H,19,21)(H,20,22). The number of amides is 2. The molecule has 0 spiro atoms. The van der Waals surface area contributed by atoms with Crippen molar-refractivity contribution in [1.82, 2.24) is 5.32 Å². The maximum absolute atomic E-state index is 12.4. The Morgan fingerprint density at radius 3 is 2.50 bits per heavy atom. The number of hydrogen-bond donors (Lipinski definition) is 2. The second kappa shape index (κ2) is 8.18. The van der Waals surface area contributed by atoms with Crippen LogP contribution < -0.4 is 10.6 Å². The third-order valence-electron chi connectivity index (χ3n) is 3.72. The highest BCUT2D eigenvalue weighted by Gasteiger charge is 2.36. The summed E-state index contributed by atoms with van der Waals surface area (Å²) in [5.41, 5.74) is 0.280. The zero-order chi connectivity index (χ0) is 16.8.